The lowest BCUT2D eigenvalue weighted by molar-refractivity contribution is -0.164. The number of carboxylic acids is 2. The number of hydrogen-bond acceptors (Lipinski definition) is 3. The van der Waals surface area contributed by atoms with E-state index < -0.39 is 28.9 Å². The Kier molecular flexibility index (Phi) is 6.49. The summed E-state index contributed by atoms with van der Waals surface area (Å²) in [5.41, 5.74) is -1.66. The van der Waals surface area contributed by atoms with E-state index in [1.807, 2.05) is 20.8 Å². The predicted octanol–water partition coefficient (Wildman–Crippen LogP) is 2.78. The summed E-state index contributed by atoms with van der Waals surface area (Å²) in [6, 6.07) is 0. The van der Waals surface area contributed by atoms with Crippen LogP contribution in [0.1, 0.15) is 53.9 Å². The molecule has 0 radical (unpaired) electrons. The maximum atomic E-state index is 11.4. The van der Waals surface area contributed by atoms with Crippen LogP contribution < -0.4 is 0 Å². The molecule has 0 saturated heterocycles. The van der Waals surface area contributed by atoms with Gasteiger partial charge < -0.3 is 14.9 Å². The molecular weight excluding hydrogens is 248 g/mol. The van der Waals surface area contributed by atoms with Gasteiger partial charge in [-0.1, -0.05) is 20.8 Å². The Bertz CT molecular complexity index is 320. The molecule has 0 spiro atoms. The van der Waals surface area contributed by atoms with Gasteiger partial charge in [0.25, 0.3) is 0 Å². The molecule has 0 saturated carbocycles. The highest BCUT2D eigenvalue weighted by Crippen LogP contribution is 2.44. The van der Waals surface area contributed by atoms with Crippen molar-refractivity contribution < 1.29 is 24.5 Å². The Labute approximate surface area is 115 Å². The quantitative estimate of drug-likeness (QED) is 0.675. The molecule has 0 fully saturated rings. The number of ether oxygens (including phenoxy) is 1. The van der Waals surface area contributed by atoms with Gasteiger partial charge in [-0.3, -0.25) is 9.59 Å². The number of hydrogen-bond donors (Lipinski definition) is 2. The molecule has 5 nitrogen and oxygen atoms in total. The zero-order chi connectivity index (χ0) is 15.3. The Morgan fingerprint density at radius 2 is 1.68 bits per heavy atom. The van der Waals surface area contributed by atoms with Gasteiger partial charge in [-0.2, -0.15) is 0 Å². The zero-order valence-electron chi connectivity index (χ0n) is 12.5. The molecule has 112 valence electrons. The Hall–Kier alpha value is -1.10. The molecular formula is C14H26O5. The summed E-state index contributed by atoms with van der Waals surface area (Å²) in [6.07, 6.45) is 0.717. The molecule has 1 atom stereocenters. The third-order valence-corrected chi connectivity index (χ3v) is 4.09. The van der Waals surface area contributed by atoms with Crippen LogP contribution in [0.3, 0.4) is 0 Å². The second kappa shape index (κ2) is 6.89. The first-order valence-corrected chi connectivity index (χ1v) is 6.64. The van der Waals surface area contributed by atoms with E-state index in [0.717, 1.165) is 6.42 Å². The number of rotatable bonds is 9. The van der Waals surface area contributed by atoms with Crippen LogP contribution in [0.25, 0.3) is 0 Å². The zero-order valence-corrected chi connectivity index (χ0v) is 12.5. The van der Waals surface area contributed by atoms with Crippen LogP contribution in [-0.4, -0.2) is 34.9 Å². The fraction of sp³-hybridized carbons (Fsp3) is 0.857. The summed E-state index contributed by atoms with van der Waals surface area (Å²) in [6.45, 7) is 9.41. The molecule has 0 aromatic heterocycles. The monoisotopic (exact) mass is 274 g/mol. The molecule has 0 aromatic carbocycles. The largest absolute Gasteiger partial charge is 0.481 e. The van der Waals surface area contributed by atoms with Crippen molar-refractivity contribution in [1.82, 2.24) is 0 Å². The minimum absolute atomic E-state index is 0.0203. The highest BCUT2D eigenvalue weighted by atomic mass is 16.5. The lowest BCUT2D eigenvalue weighted by atomic mass is 9.64. The summed E-state index contributed by atoms with van der Waals surface area (Å²) >= 11 is 0. The van der Waals surface area contributed by atoms with Crippen molar-refractivity contribution in [3.8, 4) is 0 Å². The van der Waals surface area contributed by atoms with Crippen molar-refractivity contribution in [2.45, 2.75) is 60.0 Å². The van der Waals surface area contributed by atoms with Crippen molar-refractivity contribution in [3.05, 3.63) is 0 Å². The van der Waals surface area contributed by atoms with Gasteiger partial charge in [-0.05, 0) is 26.7 Å². The fourth-order valence-electron chi connectivity index (χ4n) is 1.85. The van der Waals surface area contributed by atoms with Gasteiger partial charge >= 0.3 is 11.9 Å². The Morgan fingerprint density at radius 1 is 1.16 bits per heavy atom. The maximum Gasteiger partial charge on any atom is 0.309 e. The lowest BCUT2D eigenvalue weighted by Gasteiger charge is -2.44. The number of carbonyl (C=O) groups is 2. The van der Waals surface area contributed by atoms with Crippen molar-refractivity contribution in [2.24, 2.45) is 10.8 Å². The molecule has 1 unspecified atom stereocenters. The van der Waals surface area contributed by atoms with Gasteiger partial charge in [0.15, 0.2) is 0 Å². The second-order valence-electron chi connectivity index (χ2n) is 5.94. The van der Waals surface area contributed by atoms with Crippen molar-refractivity contribution in [2.75, 3.05) is 6.61 Å². The Balaban J connectivity index is 5.08. The van der Waals surface area contributed by atoms with Crippen LogP contribution in [0.5, 0.6) is 0 Å². The third-order valence-electron chi connectivity index (χ3n) is 4.09. The maximum absolute atomic E-state index is 11.4. The molecule has 0 heterocycles. The summed E-state index contributed by atoms with van der Waals surface area (Å²) in [5, 5.41) is 18.2. The van der Waals surface area contributed by atoms with Crippen molar-refractivity contribution in [3.63, 3.8) is 0 Å². The van der Waals surface area contributed by atoms with Crippen LogP contribution >= 0.6 is 0 Å². The minimum atomic E-state index is -0.996. The van der Waals surface area contributed by atoms with E-state index in [0.29, 0.717) is 13.0 Å². The van der Waals surface area contributed by atoms with E-state index in [2.05, 4.69) is 0 Å². The van der Waals surface area contributed by atoms with Gasteiger partial charge in [-0.25, -0.2) is 0 Å². The van der Waals surface area contributed by atoms with E-state index >= 15 is 0 Å². The van der Waals surface area contributed by atoms with Crippen LogP contribution in [-0.2, 0) is 14.3 Å². The predicted molar refractivity (Wildman–Crippen MR) is 72.1 cm³/mol. The van der Waals surface area contributed by atoms with Crippen molar-refractivity contribution in [1.29, 1.82) is 0 Å². The normalized spacial score (nSPS) is 14.2. The molecule has 0 rings (SSSR count). The van der Waals surface area contributed by atoms with E-state index in [-0.39, 0.29) is 6.42 Å². The van der Waals surface area contributed by atoms with E-state index in [1.54, 1.807) is 13.8 Å². The molecule has 0 aliphatic heterocycles. The summed E-state index contributed by atoms with van der Waals surface area (Å²) in [5.74, 6) is -1.80. The highest BCUT2D eigenvalue weighted by Gasteiger charge is 2.48. The molecule has 2 N–H and O–H groups in total. The average molecular weight is 274 g/mol. The van der Waals surface area contributed by atoms with Gasteiger partial charge in [-0.15, -0.1) is 0 Å². The summed E-state index contributed by atoms with van der Waals surface area (Å²) < 4.78 is 5.72. The first-order chi connectivity index (χ1) is 8.57. The summed E-state index contributed by atoms with van der Waals surface area (Å²) in [7, 11) is 0. The van der Waals surface area contributed by atoms with Crippen LogP contribution in [0.4, 0.5) is 0 Å². The fourth-order valence-corrected chi connectivity index (χ4v) is 1.85. The molecule has 19 heavy (non-hydrogen) atoms. The van der Waals surface area contributed by atoms with E-state index in [1.165, 1.54) is 0 Å². The molecule has 0 aliphatic rings. The SMILES string of the molecule is CCCOC(CCC(=O)O)C(C)(C)C(C)(C)C(=O)O. The van der Waals surface area contributed by atoms with Gasteiger partial charge in [0, 0.05) is 18.4 Å². The second-order valence-corrected chi connectivity index (χ2v) is 5.94. The molecule has 5 heteroatoms. The third kappa shape index (κ3) is 4.49. The molecule has 0 bridgehead atoms. The molecule has 0 amide bonds. The van der Waals surface area contributed by atoms with Gasteiger partial charge in [0.2, 0.25) is 0 Å². The van der Waals surface area contributed by atoms with Gasteiger partial charge in [0.1, 0.15) is 0 Å². The first kappa shape index (κ1) is 17.9. The van der Waals surface area contributed by atoms with E-state index in [4.69, 9.17) is 9.84 Å². The van der Waals surface area contributed by atoms with Crippen molar-refractivity contribution >= 4 is 11.9 Å². The van der Waals surface area contributed by atoms with Crippen LogP contribution in [0.2, 0.25) is 0 Å². The smallest absolute Gasteiger partial charge is 0.309 e. The van der Waals surface area contributed by atoms with Crippen LogP contribution in [0, 0.1) is 10.8 Å². The molecule has 0 aromatic rings. The first-order valence-electron chi connectivity index (χ1n) is 6.64. The van der Waals surface area contributed by atoms with Crippen LogP contribution in [0.15, 0.2) is 0 Å². The Morgan fingerprint density at radius 3 is 2.05 bits per heavy atom. The average Bonchev–Trinajstić information content (AvgIpc) is 2.27. The summed E-state index contributed by atoms with van der Waals surface area (Å²) in [4.78, 5) is 22.1. The lowest BCUT2D eigenvalue weighted by Crippen LogP contribution is -2.48. The molecule has 0 aliphatic carbocycles. The standard InChI is InChI=1S/C14H26O5/c1-6-9-19-10(7-8-11(15)16)13(2,3)14(4,5)12(17)18/h10H,6-9H2,1-5H3,(H,15,16)(H,17,18). The number of carboxylic acid groups (broad SMARTS) is 2. The highest BCUT2D eigenvalue weighted by molar-refractivity contribution is 5.74. The topological polar surface area (TPSA) is 83.8 Å². The minimum Gasteiger partial charge on any atom is -0.481 e. The van der Waals surface area contributed by atoms with Gasteiger partial charge in [0.05, 0.1) is 11.5 Å². The number of aliphatic carboxylic acids is 2. The van der Waals surface area contributed by atoms with E-state index in [9.17, 15) is 14.7 Å².